The number of hydrogen-bond donors (Lipinski definition) is 3. The highest BCUT2D eigenvalue weighted by Gasteiger charge is 2.12. The summed E-state index contributed by atoms with van der Waals surface area (Å²) in [6, 6.07) is 12.4. The molecule has 2 aromatic rings. The lowest BCUT2D eigenvalue weighted by Crippen LogP contribution is -2.16. The third-order valence-corrected chi connectivity index (χ3v) is 2.75. The predicted octanol–water partition coefficient (Wildman–Crippen LogP) is 2.27. The zero-order valence-electron chi connectivity index (χ0n) is 10.5. The average Bonchev–Trinajstić information content (AvgIpc) is 2.41. The van der Waals surface area contributed by atoms with Crippen molar-refractivity contribution < 1.29 is 19.8 Å². The van der Waals surface area contributed by atoms with Crippen molar-refractivity contribution in [2.24, 2.45) is 0 Å². The van der Waals surface area contributed by atoms with E-state index in [1.165, 1.54) is 18.2 Å². The zero-order chi connectivity index (χ0) is 14.5. The first-order valence-electron chi connectivity index (χ1n) is 5.96. The van der Waals surface area contributed by atoms with E-state index in [0.29, 0.717) is 11.3 Å². The minimum absolute atomic E-state index is 0.0245. The van der Waals surface area contributed by atoms with Crippen LogP contribution in [0.25, 0.3) is 0 Å². The van der Waals surface area contributed by atoms with Gasteiger partial charge in [0.05, 0.1) is 12.0 Å². The maximum absolute atomic E-state index is 11.9. The van der Waals surface area contributed by atoms with Crippen molar-refractivity contribution in [3.05, 3.63) is 59.7 Å². The van der Waals surface area contributed by atoms with Crippen LogP contribution in [0.4, 0.5) is 5.69 Å². The number of benzene rings is 2. The topological polar surface area (TPSA) is 86.6 Å². The van der Waals surface area contributed by atoms with Crippen LogP contribution in [-0.4, -0.2) is 22.1 Å². The smallest absolute Gasteiger partial charge is 0.335 e. The van der Waals surface area contributed by atoms with Gasteiger partial charge in [-0.25, -0.2) is 4.79 Å². The van der Waals surface area contributed by atoms with Crippen LogP contribution in [0.3, 0.4) is 0 Å². The molecule has 0 saturated heterocycles. The summed E-state index contributed by atoms with van der Waals surface area (Å²) in [5.41, 5.74) is 1.12. The Bertz CT molecular complexity index is 635. The van der Waals surface area contributed by atoms with Crippen LogP contribution in [0, 0.1) is 0 Å². The quantitative estimate of drug-likeness (QED) is 0.744. The lowest BCUT2D eigenvalue weighted by molar-refractivity contribution is -0.115. The number of carboxylic acids is 1. The SMILES string of the molecule is O=C(Cc1ccccc1C(=O)O)Nc1ccc(O)cc1. The van der Waals surface area contributed by atoms with E-state index in [0.717, 1.165) is 0 Å². The number of phenols is 1. The van der Waals surface area contributed by atoms with Crippen molar-refractivity contribution in [3.8, 4) is 5.75 Å². The lowest BCUT2D eigenvalue weighted by atomic mass is 10.0. The van der Waals surface area contributed by atoms with Crippen molar-refractivity contribution in [2.75, 3.05) is 5.32 Å². The van der Waals surface area contributed by atoms with Gasteiger partial charge in [-0.2, -0.15) is 0 Å². The van der Waals surface area contributed by atoms with Crippen LogP contribution in [-0.2, 0) is 11.2 Å². The number of carboxylic acid groups (broad SMARTS) is 1. The summed E-state index contributed by atoms with van der Waals surface area (Å²) in [7, 11) is 0. The minimum Gasteiger partial charge on any atom is -0.508 e. The number of aromatic carboxylic acids is 1. The fraction of sp³-hybridized carbons (Fsp3) is 0.0667. The molecule has 0 heterocycles. The molecule has 102 valence electrons. The Kier molecular flexibility index (Phi) is 4.00. The molecule has 0 radical (unpaired) electrons. The highest BCUT2D eigenvalue weighted by molar-refractivity contribution is 5.96. The Morgan fingerprint density at radius 1 is 1.00 bits per heavy atom. The molecule has 2 aromatic carbocycles. The highest BCUT2D eigenvalue weighted by atomic mass is 16.4. The van der Waals surface area contributed by atoms with Gasteiger partial charge in [0.2, 0.25) is 5.91 Å². The standard InChI is InChI=1S/C15H13NO4/c17-12-7-5-11(6-8-12)16-14(18)9-10-3-1-2-4-13(10)15(19)20/h1-8,17H,9H2,(H,16,18)(H,19,20). The Balaban J connectivity index is 2.08. The monoisotopic (exact) mass is 271 g/mol. The minimum atomic E-state index is -1.06. The van der Waals surface area contributed by atoms with Gasteiger partial charge in [0, 0.05) is 5.69 Å². The van der Waals surface area contributed by atoms with Gasteiger partial charge in [-0.1, -0.05) is 18.2 Å². The second-order valence-corrected chi connectivity index (χ2v) is 4.23. The Labute approximate surface area is 115 Å². The van der Waals surface area contributed by atoms with Crippen LogP contribution >= 0.6 is 0 Å². The van der Waals surface area contributed by atoms with Crippen molar-refractivity contribution in [3.63, 3.8) is 0 Å². The summed E-state index contributed by atoms with van der Waals surface area (Å²) in [6.45, 7) is 0. The zero-order valence-corrected chi connectivity index (χ0v) is 10.5. The van der Waals surface area contributed by atoms with Gasteiger partial charge in [0.1, 0.15) is 5.75 Å². The second-order valence-electron chi connectivity index (χ2n) is 4.23. The van der Waals surface area contributed by atoms with Gasteiger partial charge in [0.25, 0.3) is 0 Å². The van der Waals surface area contributed by atoms with Gasteiger partial charge >= 0.3 is 5.97 Å². The molecule has 20 heavy (non-hydrogen) atoms. The molecule has 0 aliphatic carbocycles. The molecule has 0 fully saturated rings. The largest absolute Gasteiger partial charge is 0.508 e. The van der Waals surface area contributed by atoms with Crippen molar-refractivity contribution in [1.29, 1.82) is 0 Å². The van der Waals surface area contributed by atoms with E-state index >= 15 is 0 Å². The van der Waals surface area contributed by atoms with E-state index in [2.05, 4.69) is 5.32 Å². The summed E-state index contributed by atoms with van der Waals surface area (Å²) < 4.78 is 0. The molecule has 0 saturated carbocycles. The molecule has 0 aliphatic heterocycles. The molecule has 0 atom stereocenters. The first-order chi connectivity index (χ1) is 9.56. The van der Waals surface area contributed by atoms with E-state index in [9.17, 15) is 9.59 Å². The molecular weight excluding hydrogens is 258 g/mol. The third kappa shape index (κ3) is 3.35. The number of rotatable bonds is 4. The van der Waals surface area contributed by atoms with Crippen LogP contribution in [0.1, 0.15) is 15.9 Å². The van der Waals surface area contributed by atoms with E-state index in [-0.39, 0.29) is 23.6 Å². The number of carbonyl (C=O) groups excluding carboxylic acids is 1. The molecule has 2 rings (SSSR count). The molecule has 1 amide bonds. The molecule has 0 spiro atoms. The number of nitrogens with one attached hydrogen (secondary N) is 1. The number of amides is 1. The summed E-state index contributed by atoms with van der Waals surface area (Å²) in [6.07, 6.45) is -0.0245. The third-order valence-electron chi connectivity index (χ3n) is 2.75. The molecule has 0 aromatic heterocycles. The molecule has 0 unspecified atom stereocenters. The van der Waals surface area contributed by atoms with Gasteiger partial charge < -0.3 is 15.5 Å². The average molecular weight is 271 g/mol. The molecule has 0 bridgehead atoms. The van der Waals surface area contributed by atoms with Crippen molar-refractivity contribution >= 4 is 17.6 Å². The molecular formula is C15H13NO4. The summed E-state index contributed by atoms with van der Waals surface area (Å²) in [5, 5.41) is 20.8. The second kappa shape index (κ2) is 5.88. The molecule has 0 aliphatic rings. The fourth-order valence-electron chi connectivity index (χ4n) is 1.81. The summed E-state index contributed by atoms with van der Waals surface area (Å²) in [5.74, 6) is -1.26. The maximum Gasteiger partial charge on any atom is 0.335 e. The van der Waals surface area contributed by atoms with Crippen LogP contribution < -0.4 is 5.32 Å². The van der Waals surface area contributed by atoms with E-state index in [1.807, 2.05) is 0 Å². The van der Waals surface area contributed by atoms with E-state index < -0.39 is 5.97 Å². The Morgan fingerprint density at radius 2 is 1.65 bits per heavy atom. The van der Waals surface area contributed by atoms with Crippen LogP contribution in [0.5, 0.6) is 5.75 Å². The number of hydrogen-bond acceptors (Lipinski definition) is 3. The lowest BCUT2D eigenvalue weighted by Gasteiger charge is -2.07. The Morgan fingerprint density at radius 3 is 2.30 bits per heavy atom. The number of anilines is 1. The van der Waals surface area contributed by atoms with Gasteiger partial charge in [-0.05, 0) is 35.9 Å². The molecule has 5 heteroatoms. The first kappa shape index (κ1) is 13.6. The molecule has 5 nitrogen and oxygen atoms in total. The number of phenolic OH excluding ortho intramolecular Hbond substituents is 1. The fourth-order valence-corrected chi connectivity index (χ4v) is 1.81. The van der Waals surface area contributed by atoms with Crippen LogP contribution in [0.15, 0.2) is 48.5 Å². The van der Waals surface area contributed by atoms with Gasteiger partial charge in [0.15, 0.2) is 0 Å². The molecule has 3 N–H and O–H groups in total. The summed E-state index contributed by atoms with van der Waals surface area (Å²) in [4.78, 5) is 22.9. The highest BCUT2D eigenvalue weighted by Crippen LogP contribution is 2.15. The van der Waals surface area contributed by atoms with Crippen molar-refractivity contribution in [2.45, 2.75) is 6.42 Å². The van der Waals surface area contributed by atoms with E-state index in [4.69, 9.17) is 10.2 Å². The number of aromatic hydroxyl groups is 1. The van der Waals surface area contributed by atoms with Gasteiger partial charge in [-0.15, -0.1) is 0 Å². The number of carbonyl (C=O) groups is 2. The first-order valence-corrected chi connectivity index (χ1v) is 5.96. The van der Waals surface area contributed by atoms with Gasteiger partial charge in [-0.3, -0.25) is 4.79 Å². The Hall–Kier alpha value is -2.82. The van der Waals surface area contributed by atoms with E-state index in [1.54, 1.807) is 30.3 Å². The van der Waals surface area contributed by atoms with Crippen LogP contribution in [0.2, 0.25) is 0 Å². The predicted molar refractivity (Wildman–Crippen MR) is 73.8 cm³/mol. The normalized spacial score (nSPS) is 10.0. The summed E-state index contributed by atoms with van der Waals surface area (Å²) >= 11 is 0. The van der Waals surface area contributed by atoms with Crippen molar-refractivity contribution in [1.82, 2.24) is 0 Å². The maximum atomic E-state index is 11.9.